The molecule has 1 spiro atoms. The van der Waals surface area contributed by atoms with Gasteiger partial charge < -0.3 is 5.32 Å². The van der Waals surface area contributed by atoms with Gasteiger partial charge in [-0.3, -0.25) is 0 Å². The molecule has 1 atom stereocenters. The first-order valence-corrected chi connectivity index (χ1v) is 3.91. The fourth-order valence-electron chi connectivity index (χ4n) is 2.25. The Hall–Kier alpha value is 0.250. The van der Waals surface area contributed by atoms with E-state index in [0.29, 0.717) is 11.0 Å². The first-order chi connectivity index (χ1) is 4.16. The van der Waals surface area contributed by atoms with E-state index in [9.17, 15) is 0 Å². The molecule has 0 aromatic carbocycles. The van der Waals surface area contributed by atoms with Gasteiger partial charge in [-0.15, -0.1) is 12.4 Å². The monoisotopic (exact) mass is 161 g/mol. The first kappa shape index (κ1) is 8.35. The highest BCUT2D eigenvalue weighted by atomic mass is 35.5. The zero-order chi connectivity index (χ0) is 6.54. The topological polar surface area (TPSA) is 12.0 Å². The van der Waals surface area contributed by atoms with E-state index in [-0.39, 0.29) is 12.4 Å². The molecule has 2 aliphatic rings. The third kappa shape index (κ3) is 0.876. The van der Waals surface area contributed by atoms with Gasteiger partial charge in [0.2, 0.25) is 0 Å². The molecule has 0 amide bonds. The van der Waals surface area contributed by atoms with Crippen molar-refractivity contribution in [2.45, 2.75) is 38.6 Å². The van der Waals surface area contributed by atoms with Crippen molar-refractivity contribution in [2.24, 2.45) is 5.41 Å². The second kappa shape index (κ2) is 2.12. The van der Waals surface area contributed by atoms with Crippen molar-refractivity contribution in [2.75, 3.05) is 6.54 Å². The molecule has 2 rings (SSSR count). The normalized spacial score (nSPS) is 41.4. The Bertz CT molecular complexity index is 131. The molecule has 0 bridgehead atoms. The Kier molecular flexibility index (Phi) is 1.77. The van der Waals surface area contributed by atoms with E-state index in [1.807, 2.05) is 0 Å². The average Bonchev–Trinajstić information content (AvgIpc) is 2.27. The molecular formula is C8H16ClN. The summed E-state index contributed by atoms with van der Waals surface area (Å²) in [4.78, 5) is 0. The molecule has 0 radical (unpaired) electrons. The number of halogens is 1. The molecule has 0 aromatic heterocycles. The van der Waals surface area contributed by atoms with Gasteiger partial charge in [-0.05, 0) is 31.2 Å². The third-order valence-corrected chi connectivity index (χ3v) is 3.16. The van der Waals surface area contributed by atoms with Gasteiger partial charge in [0.1, 0.15) is 0 Å². The lowest BCUT2D eigenvalue weighted by atomic mass is 10.0. The summed E-state index contributed by atoms with van der Waals surface area (Å²) >= 11 is 0. The van der Waals surface area contributed by atoms with Crippen molar-refractivity contribution < 1.29 is 0 Å². The molecule has 2 heteroatoms. The van der Waals surface area contributed by atoms with Crippen LogP contribution < -0.4 is 5.32 Å². The fourth-order valence-corrected chi connectivity index (χ4v) is 2.25. The molecule has 1 nitrogen and oxygen atoms in total. The van der Waals surface area contributed by atoms with Crippen LogP contribution in [0, 0.1) is 5.41 Å². The van der Waals surface area contributed by atoms with Crippen LogP contribution in [-0.2, 0) is 0 Å². The molecule has 1 N–H and O–H groups in total. The highest BCUT2D eigenvalue weighted by Crippen LogP contribution is 2.59. The van der Waals surface area contributed by atoms with Crippen molar-refractivity contribution in [1.82, 2.24) is 5.32 Å². The summed E-state index contributed by atoms with van der Waals surface area (Å²) in [7, 11) is 0. The Balaban J connectivity index is 0.000000500. The quantitative estimate of drug-likeness (QED) is 0.573. The van der Waals surface area contributed by atoms with Crippen LogP contribution in [0.1, 0.15) is 33.1 Å². The standard InChI is InChI=1S/C8H15N.ClH/c1-7(2)6-8(7)4-3-5-9-8;/h9H,3-6H2,1-2H3;1H. The summed E-state index contributed by atoms with van der Waals surface area (Å²) in [5, 5.41) is 3.60. The van der Waals surface area contributed by atoms with E-state index in [0.717, 1.165) is 0 Å². The largest absolute Gasteiger partial charge is 0.311 e. The van der Waals surface area contributed by atoms with Crippen molar-refractivity contribution in [3.05, 3.63) is 0 Å². The van der Waals surface area contributed by atoms with Gasteiger partial charge in [0, 0.05) is 5.54 Å². The van der Waals surface area contributed by atoms with E-state index in [1.165, 1.54) is 25.8 Å². The number of hydrogen-bond acceptors (Lipinski definition) is 1. The van der Waals surface area contributed by atoms with Gasteiger partial charge in [0.05, 0.1) is 0 Å². The van der Waals surface area contributed by atoms with E-state index in [1.54, 1.807) is 0 Å². The van der Waals surface area contributed by atoms with Crippen LogP contribution in [0.4, 0.5) is 0 Å². The molecule has 10 heavy (non-hydrogen) atoms. The minimum Gasteiger partial charge on any atom is -0.311 e. The second-order valence-corrected chi connectivity index (χ2v) is 4.17. The Morgan fingerprint density at radius 2 is 1.90 bits per heavy atom. The van der Waals surface area contributed by atoms with Gasteiger partial charge >= 0.3 is 0 Å². The third-order valence-electron chi connectivity index (χ3n) is 3.16. The summed E-state index contributed by atoms with van der Waals surface area (Å²) in [5.74, 6) is 0. The predicted molar refractivity (Wildman–Crippen MR) is 45.6 cm³/mol. The lowest BCUT2D eigenvalue weighted by Gasteiger charge is -2.12. The SMILES string of the molecule is CC1(C)CC12CCCN2.Cl. The number of nitrogens with one attached hydrogen (secondary N) is 1. The molecule has 2 fully saturated rings. The Morgan fingerprint density at radius 1 is 1.30 bits per heavy atom. The second-order valence-electron chi connectivity index (χ2n) is 4.17. The summed E-state index contributed by atoms with van der Waals surface area (Å²) in [6.07, 6.45) is 4.21. The molecular weight excluding hydrogens is 146 g/mol. The summed E-state index contributed by atoms with van der Waals surface area (Å²) in [6, 6.07) is 0. The minimum absolute atomic E-state index is 0. The maximum absolute atomic E-state index is 3.60. The molecule has 1 saturated carbocycles. The molecule has 1 aliphatic heterocycles. The molecule has 1 saturated heterocycles. The predicted octanol–water partition coefficient (Wildman–Crippen LogP) is 1.96. The van der Waals surface area contributed by atoms with Crippen molar-refractivity contribution in [1.29, 1.82) is 0 Å². The summed E-state index contributed by atoms with van der Waals surface area (Å²) in [6.45, 7) is 5.99. The van der Waals surface area contributed by atoms with E-state index in [2.05, 4.69) is 19.2 Å². The molecule has 1 heterocycles. The highest BCUT2D eigenvalue weighted by molar-refractivity contribution is 5.85. The van der Waals surface area contributed by atoms with Crippen LogP contribution in [0.2, 0.25) is 0 Å². The maximum Gasteiger partial charge on any atom is 0.0239 e. The van der Waals surface area contributed by atoms with Gasteiger partial charge in [-0.25, -0.2) is 0 Å². The lowest BCUT2D eigenvalue weighted by molar-refractivity contribution is 0.452. The van der Waals surface area contributed by atoms with Gasteiger partial charge in [-0.1, -0.05) is 13.8 Å². The van der Waals surface area contributed by atoms with E-state index < -0.39 is 0 Å². The van der Waals surface area contributed by atoms with E-state index >= 15 is 0 Å². The highest BCUT2D eigenvalue weighted by Gasteiger charge is 2.61. The van der Waals surface area contributed by atoms with Crippen molar-refractivity contribution >= 4 is 12.4 Å². The maximum atomic E-state index is 3.60. The van der Waals surface area contributed by atoms with Crippen LogP contribution in [0.15, 0.2) is 0 Å². The molecule has 60 valence electrons. The lowest BCUT2D eigenvalue weighted by Crippen LogP contribution is -2.28. The fraction of sp³-hybridized carbons (Fsp3) is 1.00. The van der Waals surface area contributed by atoms with Gasteiger partial charge in [0.15, 0.2) is 0 Å². The van der Waals surface area contributed by atoms with Crippen LogP contribution in [0.3, 0.4) is 0 Å². The average molecular weight is 162 g/mol. The van der Waals surface area contributed by atoms with Crippen LogP contribution in [-0.4, -0.2) is 12.1 Å². The van der Waals surface area contributed by atoms with Crippen LogP contribution in [0.25, 0.3) is 0 Å². The Labute approximate surface area is 69.0 Å². The summed E-state index contributed by atoms with van der Waals surface area (Å²) < 4.78 is 0. The Morgan fingerprint density at radius 3 is 2.10 bits per heavy atom. The zero-order valence-electron chi connectivity index (χ0n) is 6.74. The minimum atomic E-state index is 0. The van der Waals surface area contributed by atoms with E-state index in [4.69, 9.17) is 0 Å². The van der Waals surface area contributed by atoms with Crippen LogP contribution >= 0.6 is 12.4 Å². The summed E-state index contributed by atoms with van der Waals surface area (Å²) in [5.41, 5.74) is 1.20. The number of rotatable bonds is 0. The number of hydrogen-bond donors (Lipinski definition) is 1. The molecule has 1 unspecified atom stereocenters. The van der Waals surface area contributed by atoms with Crippen molar-refractivity contribution in [3.63, 3.8) is 0 Å². The smallest absolute Gasteiger partial charge is 0.0239 e. The molecule has 0 aromatic rings. The molecule has 1 aliphatic carbocycles. The van der Waals surface area contributed by atoms with Crippen molar-refractivity contribution in [3.8, 4) is 0 Å². The first-order valence-electron chi connectivity index (χ1n) is 3.91. The zero-order valence-corrected chi connectivity index (χ0v) is 7.55. The van der Waals surface area contributed by atoms with Gasteiger partial charge in [0.25, 0.3) is 0 Å². The van der Waals surface area contributed by atoms with Crippen LogP contribution in [0.5, 0.6) is 0 Å². The van der Waals surface area contributed by atoms with Gasteiger partial charge in [-0.2, -0.15) is 0 Å².